The Bertz CT molecular complexity index is 1960. The van der Waals surface area contributed by atoms with E-state index in [0.717, 1.165) is 27.3 Å². The Morgan fingerprint density at radius 2 is 1.58 bits per heavy atom. The Labute approximate surface area is 292 Å². The average Bonchev–Trinajstić information content (AvgIpc) is 3.41. The first kappa shape index (κ1) is 36.2. The third-order valence-corrected chi connectivity index (χ3v) is 10.2. The van der Waals surface area contributed by atoms with E-state index in [1.807, 2.05) is 67.6 Å². The fraction of sp³-hybridized carbons (Fsp3) is 0.289. The van der Waals surface area contributed by atoms with Crippen LogP contribution in [0.1, 0.15) is 64.5 Å². The van der Waals surface area contributed by atoms with Crippen LogP contribution in [-0.4, -0.2) is 61.4 Å². The number of aliphatic hydroxyl groups is 2. The van der Waals surface area contributed by atoms with Gasteiger partial charge in [-0.25, -0.2) is 8.42 Å². The van der Waals surface area contributed by atoms with E-state index in [4.69, 9.17) is 0 Å². The minimum Gasteiger partial charge on any atom is -0.390 e. The minimum absolute atomic E-state index is 0.0873. The molecule has 0 unspecified atom stereocenters. The first-order valence-electron chi connectivity index (χ1n) is 16.3. The number of fused-ring (bicyclic) bond motifs is 1. The lowest BCUT2D eigenvalue weighted by molar-refractivity contribution is -0.142. The Morgan fingerprint density at radius 1 is 0.940 bits per heavy atom. The van der Waals surface area contributed by atoms with Gasteiger partial charge in [-0.15, -0.1) is 0 Å². The number of rotatable bonds is 13. The van der Waals surface area contributed by atoms with Gasteiger partial charge in [0, 0.05) is 37.6 Å². The maximum absolute atomic E-state index is 13.8. The molecular formula is C38H42N4O7S. The molecule has 0 aliphatic heterocycles. The minimum atomic E-state index is -3.72. The summed E-state index contributed by atoms with van der Waals surface area (Å²) in [5, 5.41) is 31.0. The van der Waals surface area contributed by atoms with E-state index in [2.05, 4.69) is 16.0 Å². The molecular weight excluding hydrogens is 657 g/mol. The van der Waals surface area contributed by atoms with E-state index in [1.165, 1.54) is 25.2 Å². The topological polar surface area (TPSA) is 165 Å². The summed E-state index contributed by atoms with van der Waals surface area (Å²) in [5.74, 6) is -1.78. The number of carbonyl (C=O) groups is 3. The highest BCUT2D eigenvalue weighted by Crippen LogP contribution is 2.33. The van der Waals surface area contributed by atoms with Gasteiger partial charge < -0.3 is 26.2 Å². The first-order valence-corrected chi connectivity index (χ1v) is 18.2. The predicted molar refractivity (Wildman–Crippen MR) is 192 cm³/mol. The molecule has 50 heavy (non-hydrogen) atoms. The standard InChI is InChI=1S/C38H42N4O7S/c1-25(27-14-8-5-9-15-27)39-36(45)29-20-30(23-31(21-29)42(2)50(3,48)49)40-34(44)18-19-38(47,24-26-12-6-4-7-13-26)37(46)41-35-32-17-11-10-16-28(32)22-33(35)43/h4-17,20-21,23,25,33,35,43,47H,18-19,22,24H2,1-3H3,(H,39,45)(H,40,44)(H,41,46)/t25-,33-,35+,38+/m1/s1. The van der Waals surface area contributed by atoms with Crippen molar-refractivity contribution in [2.45, 2.75) is 56.4 Å². The Hall–Kier alpha value is -5.04. The average molecular weight is 699 g/mol. The molecule has 0 saturated heterocycles. The lowest BCUT2D eigenvalue weighted by Gasteiger charge is -2.30. The number of amides is 3. The number of hydrogen-bond acceptors (Lipinski definition) is 7. The van der Waals surface area contributed by atoms with Gasteiger partial charge in [0.15, 0.2) is 0 Å². The summed E-state index contributed by atoms with van der Waals surface area (Å²) in [4.78, 5) is 40.5. The highest BCUT2D eigenvalue weighted by Gasteiger charge is 2.40. The van der Waals surface area contributed by atoms with Crippen LogP contribution in [0, 0.1) is 0 Å². The molecule has 0 aromatic heterocycles. The number of aliphatic hydroxyl groups excluding tert-OH is 1. The summed E-state index contributed by atoms with van der Waals surface area (Å²) in [6.07, 6.45) is -0.138. The molecule has 1 aliphatic rings. The molecule has 4 aromatic carbocycles. The third-order valence-electron chi connectivity index (χ3n) is 8.99. The lowest BCUT2D eigenvalue weighted by Crippen LogP contribution is -2.51. The van der Waals surface area contributed by atoms with Crippen LogP contribution in [0.15, 0.2) is 103 Å². The second-order valence-electron chi connectivity index (χ2n) is 12.8. The number of nitrogens with zero attached hydrogens (tertiary/aromatic N) is 1. The molecule has 5 rings (SSSR count). The van der Waals surface area contributed by atoms with Crippen LogP contribution in [0.25, 0.3) is 0 Å². The van der Waals surface area contributed by atoms with Gasteiger partial charge in [0.25, 0.3) is 11.8 Å². The number of hydrogen-bond donors (Lipinski definition) is 5. The quantitative estimate of drug-likeness (QED) is 0.141. The van der Waals surface area contributed by atoms with Crippen molar-refractivity contribution < 1.29 is 33.0 Å². The second-order valence-corrected chi connectivity index (χ2v) is 14.8. The van der Waals surface area contributed by atoms with Crippen LogP contribution in [0.3, 0.4) is 0 Å². The molecule has 1 aliphatic carbocycles. The van der Waals surface area contributed by atoms with Gasteiger partial charge in [-0.05, 0) is 53.8 Å². The molecule has 0 saturated carbocycles. The molecule has 0 spiro atoms. The summed E-state index contributed by atoms with van der Waals surface area (Å²) in [6.45, 7) is 1.82. The fourth-order valence-electron chi connectivity index (χ4n) is 6.08. The number of nitrogens with one attached hydrogen (secondary N) is 3. The molecule has 0 bridgehead atoms. The smallest absolute Gasteiger partial charge is 0.252 e. The van der Waals surface area contributed by atoms with E-state index in [1.54, 1.807) is 24.3 Å². The zero-order valence-corrected chi connectivity index (χ0v) is 29.0. The third kappa shape index (κ3) is 8.75. The van der Waals surface area contributed by atoms with Crippen molar-refractivity contribution in [3.05, 3.63) is 131 Å². The van der Waals surface area contributed by atoms with Crippen LogP contribution in [-0.2, 0) is 32.5 Å². The van der Waals surface area contributed by atoms with Crippen LogP contribution in [0.5, 0.6) is 0 Å². The number of anilines is 2. The molecule has 0 heterocycles. The van der Waals surface area contributed by atoms with Crippen molar-refractivity contribution in [3.63, 3.8) is 0 Å². The van der Waals surface area contributed by atoms with Crippen molar-refractivity contribution in [1.82, 2.24) is 10.6 Å². The molecule has 4 aromatic rings. The van der Waals surface area contributed by atoms with Crippen molar-refractivity contribution in [3.8, 4) is 0 Å². The van der Waals surface area contributed by atoms with Gasteiger partial charge in [-0.3, -0.25) is 18.7 Å². The number of carbonyl (C=O) groups excluding carboxylic acids is 3. The predicted octanol–water partition coefficient (Wildman–Crippen LogP) is 4.04. The molecule has 5 N–H and O–H groups in total. The highest BCUT2D eigenvalue weighted by atomic mass is 32.2. The van der Waals surface area contributed by atoms with Crippen molar-refractivity contribution in [2.75, 3.05) is 22.9 Å². The van der Waals surface area contributed by atoms with Gasteiger partial charge in [-0.1, -0.05) is 84.9 Å². The molecule has 12 heteroatoms. The van der Waals surface area contributed by atoms with Gasteiger partial charge in [0.2, 0.25) is 15.9 Å². The Balaban J connectivity index is 1.35. The monoisotopic (exact) mass is 698 g/mol. The van der Waals surface area contributed by atoms with Crippen LogP contribution >= 0.6 is 0 Å². The zero-order chi connectivity index (χ0) is 36.1. The summed E-state index contributed by atoms with van der Waals surface area (Å²) in [6, 6.07) is 28.8. The maximum atomic E-state index is 13.8. The van der Waals surface area contributed by atoms with Crippen molar-refractivity contribution in [1.29, 1.82) is 0 Å². The number of benzene rings is 4. The molecule has 11 nitrogen and oxygen atoms in total. The van der Waals surface area contributed by atoms with E-state index >= 15 is 0 Å². The van der Waals surface area contributed by atoms with Crippen LogP contribution in [0.2, 0.25) is 0 Å². The van der Waals surface area contributed by atoms with E-state index in [9.17, 15) is 33.0 Å². The highest BCUT2D eigenvalue weighted by molar-refractivity contribution is 7.92. The Morgan fingerprint density at radius 3 is 2.26 bits per heavy atom. The summed E-state index contributed by atoms with van der Waals surface area (Å²) in [5.41, 5.74) is 1.62. The van der Waals surface area contributed by atoms with Gasteiger partial charge in [0.1, 0.15) is 5.60 Å². The van der Waals surface area contributed by atoms with Crippen LogP contribution < -0.4 is 20.3 Å². The van der Waals surface area contributed by atoms with E-state index < -0.39 is 45.5 Å². The molecule has 4 atom stereocenters. The second kappa shape index (κ2) is 15.2. The lowest BCUT2D eigenvalue weighted by atomic mass is 9.88. The fourth-order valence-corrected chi connectivity index (χ4v) is 6.56. The molecule has 0 radical (unpaired) electrons. The van der Waals surface area contributed by atoms with Crippen molar-refractivity contribution >= 4 is 39.1 Å². The SMILES string of the molecule is C[C@@H](NC(=O)c1cc(NC(=O)CC[C@](O)(Cc2ccccc2)C(=O)N[C@H]2c3ccccc3C[C@H]2O)cc(N(C)S(C)(=O)=O)c1)c1ccccc1. The first-order chi connectivity index (χ1) is 23.7. The summed E-state index contributed by atoms with van der Waals surface area (Å²) >= 11 is 0. The Kier molecular flexibility index (Phi) is 11.0. The zero-order valence-electron chi connectivity index (χ0n) is 28.2. The molecule has 0 fully saturated rings. The maximum Gasteiger partial charge on any atom is 0.252 e. The number of sulfonamides is 1. The molecule has 3 amide bonds. The van der Waals surface area contributed by atoms with Crippen molar-refractivity contribution in [2.24, 2.45) is 0 Å². The summed E-state index contributed by atoms with van der Waals surface area (Å²) in [7, 11) is -2.38. The van der Waals surface area contributed by atoms with Gasteiger partial charge in [0.05, 0.1) is 30.1 Å². The normalized spacial score (nSPS) is 17.1. The van der Waals surface area contributed by atoms with Gasteiger partial charge >= 0.3 is 0 Å². The van der Waals surface area contributed by atoms with E-state index in [0.29, 0.717) is 12.0 Å². The van der Waals surface area contributed by atoms with E-state index in [-0.39, 0.29) is 42.2 Å². The molecule has 262 valence electrons. The summed E-state index contributed by atoms with van der Waals surface area (Å²) < 4.78 is 25.8. The van der Waals surface area contributed by atoms with Gasteiger partial charge in [-0.2, -0.15) is 0 Å². The van der Waals surface area contributed by atoms with Crippen LogP contribution in [0.4, 0.5) is 11.4 Å². The largest absolute Gasteiger partial charge is 0.390 e.